The number of methoxy groups -OCH3 is 1. The summed E-state index contributed by atoms with van der Waals surface area (Å²) >= 11 is 0. The SMILES string of the molecule is COC(=O)CC1CNCCC1N. The molecule has 1 rings (SSSR count). The second-order valence-electron chi connectivity index (χ2n) is 3.20. The number of nitrogens with one attached hydrogen (secondary N) is 1. The summed E-state index contributed by atoms with van der Waals surface area (Å²) in [4.78, 5) is 10.9. The molecule has 1 heterocycles. The van der Waals surface area contributed by atoms with E-state index in [9.17, 15) is 4.79 Å². The molecule has 2 atom stereocenters. The van der Waals surface area contributed by atoms with Gasteiger partial charge in [0.05, 0.1) is 13.5 Å². The van der Waals surface area contributed by atoms with Crippen LogP contribution >= 0.6 is 0 Å². The highest BCUT2D eigenvalue weighted by molar-refractivity contribution is 5.69. The molecule has 4 heteroatoms. The molecule has 12 heavy (non-hydrogen) atoms. The van der Waals surface area contributed by atoms with Crippen molar-refractivity contribution in [1.29, 1.82) is 0 Å². The molecular formula is C8H16N2O2. The summed E-state index contributed by atoms with van der Waals surface area (Å²) in [7, 11) is 1.41. The zero-order valence-electron chi connectivity index (χ0n) is 7.38. The largest absolute Gasteiger partial charge is 0.469 e. The fraction of sp³-hybridized carbons (Fsp3) is 0.875. The molecule has 2 unspecified atom stereocenters. The van der Waals surface area contributed by atoms with Gasteiger partial charge >= 0.3 is 5.97 Å². The summed E-state index contributed by atoms with van der Waals surface area (Å²) < 4.78 is 4.58. The zero-order chi connectivity index (χ0) is 8.97. The minimum absolute atomic E-state index is 0.144. The first kappa shape index (κ1) is 9.48. The van der Waals surface area contributed by atoms with Crippen LogP contribution in [-0.4, -0.2) is 32.2 Å². The number of carbonyl (C=O) groups excluding carboxylic acids is 1. The summed E-state index contributed by atoms with van der Waals surface area (Å²) in [5.41, 5.74) is 5.83. The Hall–Kier alpha value is -0.610. The molecule has 3 N–H and O–H groups in total. The molecule has 1 fully saturated rings. The van der Waals surface area contributed by atoms with Crippen molar-refractivity contribution in [3.05, 3.63) is 0 Å². The summed E-state index contributed by atoms with van der Waals surface area (Å²) in [6, 6.07) is 0.144. The standard InChI is InChI=1S/C8H16N2O2/c1-12-8(11)4-6-5-10-3-2-7(6)9/h6-7,10H,2-5,9H2,1H3. The van der Waals surface area contributed by atoms with E-state index in [1.54, 1.807) is 0 Å². The lowest BCUT2D eigenvalue weighted by molar-refractivity contribution is -0.142. The van der Waals surface area contributed by atoms with Crippen LogP contribution in [0, 0.1) is 5.92 Å². The molecule has 4 nitrogen and oxygen atoms in total. The van der Waals surface area contributed by atoms with Crippen molar-refractivity contribution in [2.45, 2.75) is 18.9 Å². The number of nitrogens with two attached hydrogens (primary N) is 1. The quantitative estimate of drug-likeness (QED) is 0.550. The molecule has 0 radical (unpaired) electrons. The lowest BCUT2D eigenvalue weighted by Gasteiger charge is -2.28. The van der Waals surface area contributed by atoms with Crippen molar-refractivity contribution in [3.63, 3.8) is 0 Å². The first-order valence-electron chi connectivity index (χ1n) is 4.27. The number of esters is 1. The first-order valence-corrected chi connectivity index (χ1v) is 4.27. The Bertz CT molecular complexity index is 161. The fourth-order valence-corrected chi connectivity index (χ4v) is 1.46. The van der Waals surface area contributed by atoms with E-state index in [1.807, 2.05) is 0 Å². The molecule has 0 aliphatic carbocycles. The van der Waals surface area contributed by atoms with Gasteiger partial charge in [-0.1, -0.05) is 0 Å². The van der Waals surface area contributed by atoms with E-state index in [-0.39, 0.29) is 17.9 Å². The maximum atomic E-state index is 10.9. The molecule has 0 aromatic rings. The lowest BCUT2D eigenvalue weighted by atomic mass is 9.91. The Balaban J connectivity index is 2.33. The van der Waals surface area contributed by atoms with Gasteiger partial charge in [0.2, 0.25) is 0 Å². The third kappa shape index (κ3) is 2.46. The van der Waals surface area contributed by atoms with Crippen LogP contribution in [0.5, 0.6) is 0 Å². The van der Waals surface area contributed by atoms with E-state index in [0.29, 0.717) is 6.42 Å². The van der Waals surface area contributed by atoms with Crippen LogP contribution in [0.3, 0.4) is 0 Å². The molecule has 1 aliphatic rings. The predicted octanol–water partition coefficient (Wildman–Crippen LogP) is -0.514. The Labute approximate surface area is 72.5 Å². The first-order chi connectivity index (χ1) is 5.74. The molecule has 0 spiro atoms. The highest BCUT2D eigenvalue weighted by Gasteiger charge is 2.23. The smallest absolute Gasteiger partial charge is 0.305 e. The van der Waals surface area contributed by atoms with Crippen LogP contribution in [-0.2, 0) is 9.53 Å². The van der Waals surface area contributed by atoms with Gasteiger partial charge in [-0.3, -0.25) is 4.79 Å². The van der Waals surface area contributed by atoms with Gasteiger partial charge in [-0.2, -0.15) is 0 Å². The van der Waals surface area contributed by atoms with E-state index in [2.05, 4.69) is 10.1 Å². The number of carbonyl (C=O) groups is 1. The number of hydrogen-bond donors (Lipinski definition) is 2. The monoisotopic (exact) mass is 172 g/mol. The normalized spacial score (nSPS) is 29.8. The van der Waals surface area contributed by atoms with E-state index in [1.165, 1.54) is 7.11 Å². The van der Waals surface area contributed by atoms with Gasteiger partial charge in [-0.05, 0) is 25.4 Å². The van der Waals surface area contributed by atoms with Crippen LogP contribution in [0.15, 0.2) is 0 Å². The van der Waals surface area contributed by atoms with E-state index >= 15 is 0 Å². The lowest BCUT2D eigenvalue weighted by Crippen LogP contribution is -2.45. The molecule has 1 aliphatic heterocycles. The van der Waals surface area contributed by atoms with Gasteiger partial charge < -0.3 is 15.8 Å². The van der Waals surface area contributed by atoms with E-state index in [4.69, 9.17) is 5.73 Å². The summed E-state index contributed by atoms with van der Waals surface area (Å²) in [5.74, 6) is 0.0744. The Morgan fingerprint density at radius 2 is 2.50 bits per heavy atom. The third-order valence-electron chi connectivity index (χ3n) is 2.32. The van der Waals surface area contributed by atoms with E-state index in [0.717, 1.165) is 19.5 Å². The van der Waals surface area contributed by atoms with Gasteiger partial charge in [0.25, 0.3) is 0 Å². The van der Waals surface area contributed by atoms with Gasteiger partial charge in [0.1, 0.15) is 0 Å². The van der Waals surface area contributed by atoms with Crippen molar-refractivity contribution >= 4 is 5.97 Å². The minimum Gasteiger partial charge on any atom is -0.469 e. The number of ether oxygens (including phenoxy) is 1. The third-order valence-corrected chi connectivity index (χ3v) is 2.32. The van der Waals surface area contributed by atoms with Crippen molar-refractivity contribution in [2.24, 2.45) is 11.7 Å². The van der Waals surface area contributed by atoms with Gasteiger partial charge in [0.15, 0.2) is 0 Å². The average molecular weight is 172 g/mol. The van der Waals surface area contributed by atoms with Crippen LogP contribution in [0.25, 0.3) is 0 Å². The van der Waals surface area contributed by atoms with Gasteiger partial charge in [-0.15, -0.1) is 0 Å². The van der Waals surface area contributed by atoms with E-state index < -0.39 is 0 Å². The summed E-state index contributed by atoms with van der Waals surface area (Å²) in [6.45, 7) is 1.79. The number of piperidine rings is 1. The molecule has 0 aromatic heterocycles. The molecule has 0 saturated carbocycles. The highest BCUT2D eigenvalue weighted by Crippen LogP contribution is 2.13. The topological polar surface area (TPSA) is 64.3 Å². The maximum Gasteiger partial charge on any atom is 0.305 e. The Morgan fingerprint density at radius 1 is 1.75 bits per heavy atom. The maximum absolute atomic E-state index is 10.9. The van der Waals surface area contributed by atoms with Gasteiger partial charge in [0, 0.05) is 6.04 Å². The van der Waals surface area contributed by atoms with Crippen LogP contribution in [0.2, 0.25) is 0 Å². The molecule has 70 valence electrons. The minimum atomic E-state index is -0.167. The molecule has 0 bridgehead atoms. The van der Waals surface area contributed by atoms with Crippen LogP contribution < -0.4 is 11.1 Å². The molecular weight excluding hydrogens is 156 g/mol. The second-order valence-corrected chi connectivity index (χ2v) is 3.20. The summed E-state index contributed by atoms with van der Waals surface area (Å²) in [5, 5.41) is 3.21. The van der Waals surface area contributed by atoms with Crippen molar-refractivity contribution in [2.75, 3.05) is 20.2 Å². The van der Waals surface area contributed by atoms with Crippen molar-refractivity contribution < 1.29 is 9.53 Å². The average Bonchev–Trinajstić information content (AvgIpc) is 2.09. The Kier molecular flexibility index (Phi) is 3.49. The fourth-order valence-electron chi connectivity index (χ4n) is 1.46. The molecule has 1 saturated heterocycles. The molecule has 0 amide bonds. The Morgan fingerprint density at radius 3 is 3.08 bits per heavy atom. The number of rotatable bonds is 2. The molecule has 0 aromatic carbocycles. The van der Waals surface area contributed by atoms with Crippen molar-refractivity contribution in [3.8, 4) is 0 Å². The second kappa shape index (κ2) is 4.42. The van der Waals surface area contributed by atoms with Crippen LogP contribution in [0.1, 0.15) is 12.8 Å². The predicted molar refractivity (Wildman–Crippen MR) is 45.6 cm³/mol. The summed E-state index contributed by atoms with van der Waals surface area (Å²) in [6.07, 6.45) is 1.38. The van der Waals surface area contributed by atoms with Crippen molar-refractivity contribution in [1.82, 2.24) is 5.32 Å². The number of hydrogen-bond acceptors (Lipinski definition) is 4. The zero-order valence-corrected chi connectivity index (χ0v) is 7.38. The highest BCUT2D eigenvalue weighted by atomic mass is 16.5. The van der Waals surface area contributed by atoms with Crippen LogP contribution in [0.4, 0.5) is 0 Å². The van der Waals surface area contributed by atoms with Gasteiger partial charge in [-0.25, -0.2) is 0 Å².